The molecule has 0 saturated heterocycles. The maximum absolute atomic E-state index is 14.2. The zero-order valence-corrected chi connectivity index (χ0v) is 22.5. The van der Waals surface area contributed by atoms with E-state index >= 15 is 0 Å². The fourth-order valence-electron chi connectivity index (χ4n) is 5.10. The Morgan fingerprint density at radius 2 is 1.35 bits per heavy atom. The zero-order valence-electron chi connectivity index (χ0n) is 22.5. The number of nitro benzene ring substituents is 1. The summed E-state index contributed by atoms with van der Waals surface area (Å²) in [5.74, 6) is 0.960. The van der Waals surface area contributed by atoms with Crippen LogP contribution in [0.3, 0.4) is 0 Å². The van der Waals surface area contributed by atoms with Gasteiger partial charge < -0.3 is 19.3 Å². The van der Waals surface area contributed by atoms with E-state index in [9.17, 15) is 14.9 Å². The van der Waals surface area contributed by atoms with Gasteiger partial charge >= 0.3 is 0 Å². The lowest BCUT2D eigenvalue weighted by atomic mass is 9.98. The second kappa shape index (κ2) is 11.9. The Morgan fingerprint density at radius 1 is 0.750 bits per heavy atom. The number of carbonyl (C=O) groups excluding carboxylic acids is 1. The van der Waals surface area contributed by atoms with Crippen molar-refractivity contribution in [1.82, 2.24) is 4.90 Å². The third kappa shape index (κ3) is 5.47. The third-order valence-electron chi connectivity index (χ3n) is 6.84. The predicted octanol–water partition coefficient (Wildman–Crippen LogP) is 6.75. The second-order valence-electron chi connectivity index (χ2n) is 9.44. The van der Waals surface area contributed by atoms with Crippen LogP contribution in [0.2, 0.25) is 0 Å². The van der Waals surface area contributed by atoms with Crippen LogP contribution in [0.15, 0.2) is 97.1 Å². The van der Waals surface area contributed by atoms with Gasteiger partial charge in [-0.1, -0.05) is 66.7 Å². The summed E-state index contributed by atoms with van der Waals surface area (Å²) in [7, 11) is 0. The van der Waals surface area contributed by atoms with Gasteiger partial charge in [0, 0.05) is 25.2 Å². The number of nitrogens with zero attached hydrogens (tertiary/aromatic N) is 3. The molecule has 40 heavy (non-hydrogen) atoms. The van der Waals surface area contributed by atoms with Crippen LogP contribution >= 0.6 is 0 Å². The lowest BCUT2D eigenvalue weighted by Crippen LogP contribution is -2.48. The Balaban J connectivity index is 1.71. The highest BCUT2D eigenvalue weighted by Gasteiger charge is 2.40. The molecule has 1 heterocycles. The standard InChI is InChI=1S/C32H31N3O5/c1-3-39-29-18-15-25(19-30(29)40-4-2)31-33(21-23-11-7-5-8-12-23)28-17-16-26(35(37)38)20-27(28)32(36)34(31)22-24-13-9-6-10-14-24/h5-20,31H,3-4,21-22H2,1-2H3/t31-/m0/s1. The van der Waals surface area contributed by atoms with Crippen LogP contribution in [0.1, 0.15) is 47.1 Å². The topological polar surface area (TPSA) is 85.1 Å². The van der Waals surface area contributed by atoms with Gasteiger partial charge in [0.1, 0.15) is 6.17 Å². The largest absolute Gasteiger partial charge is 0.490 e. The lowest BCUT2D eigenvalue weighted by molar-refractivity contribution is -0.384. The lowest BCUT2D eigenvalue weighted by Gasteiger charge is -2.46. The molecule has 1 atom stereocenters. The molecule has 4 aromatic rings. The van der Waals surface area contributed by atoms with Crippen molar-refractivity contribution in [3.8, 4) is 11.5 Å². The molecule has 0 radical (unpaired) electrons. The van der Waals surface area contributed by atoms with Crippen molar-refractivity contribution < 1.29 is 19.2 Å². The van der Waals surface area contributed by atoms with E-state index < -0.39 is 11.1 Å². The Bertz CT molecular complexity index is 1490. The van der Waals surface area contributed by atoms with Gasteiger partial charge in [0.15, 0.2) is 11.5 Å². The number of non-ortho nitro benzene ring substituents is 1. The molecule has 4 aromatic carbocycles. The first-order valence-corrected chi connectivity index (χ1v) is 13.3. The summed E-state index contributed by atoms with van der Waals surface area (Å²) in [6, 6.07) is 30.0. The van der Waals surface area contributed by atoms with Gasteiger partial charge in [0.05, 0.1) is 29.4 Å². The molecule has 0 fully saturated rings. The first-order chi connectivity index (χ1) is 19.5. The summed E-state index contributed by atoms with van der Waals surface area (Å²) in [4.78, 5) is 29.3. The second-order valence-corrected chi connectivity index (χ2v) is 9.44. The molecule has 0 aromatic heterocycles. The molecule has 0 unspecified atom stereocenters. The molecule has 8 nitrogen and oxygen atoms in total. The number of hydrogen-bond acceptors (Lipinski definition) is 6. The highest BCUT2D eigenvalue weighted by Crippen LogP contribution is 2.43. The number of hydrogen-bond donors (Lipinski definition) is 0. The first-order valence-electron chi connectivity index (χ1n) is 13.3. The van der Waals surface area contributed by atoms with E-state index in [4.69, 9.17) is 9.47 Å². The molecule has 0 aliphatic carbocycles. The molecule has 1 aliphatic heterocycles. The molecular formula is C32H31N3O5. The molecule has 1 aliphatic rings. The van der Waals surface area contributed by atoms with Gasteiger partial charge in [0.25, 0.3) is 11.6 Å². The van der Waals surface area contributed by atoms with Gasteiger partial charge in [0.2, 0.25) is 0 Å². The van der Waals surface area contributed by atoms with E-state index in [1.807, 2.05) is 92.7 Å². The quantitative estimate of drug-likeness (QED) is 0.164. The van der Waals surface area contributed by atoms with Gasteiger partial charge in [-0.15, -0.1) is 0 Å². The minimum atomic E-state index is -0.517. The molecule has 0 saturated carbocycles. The minimum Gasteiger partial charge on any atom is -0.490 e. The van der Waals surface area contributed by atoms with E-state index in [0.29, 0.717) is 49.1 Å². The van der Waals surface area contributed by atoms with Crippen molar-refractivity contribution in [2.75, 3.05) is 18.1 Å². The third-order valence-corrected chi connectivity index (χ3v) is 6.84. The van der Waals surface area contributed by atoms with Gasteiger partial charge in [-0.05, 0) is 48.7 Å². The number of carbonyl (C=O) groups is 1. The van der Waals surface area contributed by atoms with Crippen molar-refractivity contribution in [1.29, 1.82) is 0 Å². The molecule has 0 N–H and O–H groups in total. The summed E-state index contributed by atoms with van der Waals surface area (Å²) in [5, 5.41) is 11.6. The van der Waals surface area contributed by atoms with Crippen LogP contribution in [-0.2, 0) is 13.1 Å². The molecule has 5 rings (SSSR count). The smallest absolute Gasteiger partial charge is 0.270 e. The first kappa shape index (κ1) is 26.7. The monoisotopic (exact) mass is 537 g/mol. The maximum atomic E-state index is 14.2. The summed E-state index contributed by atoms with van der Waals surface area (Å²) in [5.41, 5.74) is 3.65. The van der Waals surface area contributed by atoms with E-state index in [1.165, 1.54) is 12.1 Å². The predicted molar refractivity (Wildman–Crippen MR) is 154 cm³/mol. The highest BCUT2D eigenvalue weighted by atomic mass is 16.6. The van der Waals surface area contributed by atoms with E-state index in [2.05, 4.69) is 4.90 Å². The summed E-state index contributed by atoms with van der Waals surface area (Å²) in [6.07, 6.45) is -0.517. The van der Waals surface area contributed by atoms with Crippen molar-refractivity contribution in [3.63, 3.8) is 0 Å². The summed E-state index contributed by atoms with van der Waals surface area (Å²) < 4.78 is 11.8. The van der Waals surface area contributed by atoms with Crippen molar-refractivity contribution in [2.45, 2.75) is 33.1 Å². The number of ether oxygens (including phenoxy) is 2. The normalized spacial score (nSPS) is 14.6. The highest BCUT2D eigenvalue weighted by molar-refractivity contribution is 6.02. The number of amides is 1. The van der Waals surface area contributed by atoms with Gasteiger partial charge in [-0.3, -0.25) is 14.9 Å². The fraction of sp³-hybridized carbons (Fsp3) is 0.219. The number of rotatable bonds is 10. The Labute approximate surface area is 233 Å². The number of fused-ring (bicyclic) bond motifs is 1. The minimum absolute atomic E-state index is 0.121. The van der Waals surface area contributed by atoms with Crippen LogP contribution in [0, 0.1) is 10.1 Å². The Morgan fingerprint density at radius 3 is 1.95 bits per heavy atom. The average Bonchev–Trinajstić information content (AvgIpc) is 2.97. The molecule has 0 bridgehead atoms. The Hall–Kier alpha value is -4.85. The van der Waals surface area contributed by atoms with Crippen LogP contribution in [0.25, 0.3) is 0 Å². The summed E-state index contributed by atoms with van der Waals surface area (Å²) >= 11 is 0. The van der Waals surface area contributed by atoms with Gasteiger partial charge in [-0.25, -0.2) is 0 Å². The van der Waals surface area contributed by atoms with Crippen molar-refractivity contribution in [2.24, 2.45) is 0 Å². The Kier molecular flexibility index (Phi) is 7.96. The van der Waals surface area contributed by atoms with Crippen molar-refractivity contribution >= 4 is 17.3 Å². The number of nitro groups is 1. The van der Waals surface area contributed by atoms with Gasteiger partial charge in [-0.2, -0.15) is 0 Å². The number of benzene rings is 4. The number of anilines is 1. The molecular weight excluding hydrogens is 506 g/mol. The van der Waals surface area contributed by atoms with Crippen LogP contribution in [0.5, 0.6) is 11.5 Å². The molecule has 0 spiro atoms. The summed E-state index contributed by atoms with van der Waals surface area (Å²) in [6.45, 7) is 5.58. The maximum Gasteiger partial charge on any atom is 0.270 e. The molecule has 8 heteroatoms. The molecule has 1 amide bonds. The zero-order chi connectivity index (χ0) is 28.1. The van der Waals surface area contributed by atoms with Crippen LogP contribution in [0.4, 0.5) is 11.4 Å². The average molecular weight is 538 g/mol. The molecule has 204 valence electrons. The SMILES string of the molecule is CCOc1ccc([C@@H]2N(Cc3ccccc3)C(=O)c3cc([N+](=O)[O-])ccc3N2Cc2ccccc2)cc1OCC. The van der Waals surface area contributed by atoms with E-state index in [-0.39, 0.29) is 11.6 Å². The van der Waals surface area contributed by atoms with Crippen molar-refractivity contribution in [3.05, 3.63) is 129 Å². The fourth-order valence-corrected chi connectivity index (χ4v) is 5.10. The van der Waals surface area contributed by atoms with Crippen LogP contribution < -0.4 is 14.4 Å². The van der Waals surface area contributed by atoms with E-state index in [0.717, 1.165) is 16.7 Å². The van der Waals surface area contributed by atoms with Crippen LogP contribution in [-0.4, -0.2) is 28.9 Å². The van der Waals surface area contributed by atoms with E-state index in [1.54, 1.807) is 11.0 Å².